The summed E-state index contributed by atoms with van der Waals surface area (Å²) in [5.41, 5.74) is 1.10. The summed E-state index contributed by atoms with van der Waals surface area (Å²) in [6.07, 6.45) is 3.47. The van der Waals surface area contributed by atoms with Gasteiger partial charge in [-0.3, -0.25) is 4.98 Å². The summed E-state index contributed by atoms with van der Waals surface area (Å²) < 4.78 is 0. The third-order valence-corrected chi connectivity index (χ3v) is 3.12. The summed E-state index contributed by atoms with van der Waals surface area (Å²) >= 11 is 6.08. The van der Waals surface area contributed by atoms with Crippen LogP contribution in [0.1, 0.15) is 19.4 Å². The molecule has 0 spiro atoms. The second-order valence-electron chi connectivity index (χ2n) is 4.96. The molecule has 0 aromatic carbocycles. The van der Waals surface area contributed by atoms with Crippen molar-refractivity contribution in [2.24, 2.45) is 5.92 Å². The third kappa shape index (κ3) is 5.02. The number of rotatable bonds is 6. The van der Waals surface area contributed by atoms with Crippen LogP contribution in [0.2, 0.25) is 5.02 Å². The molecule has 0 radical (unpaired) electrons. The normalized spacial score (nSPS) is 13.4. The van der Waals surface area contributed by atoms with Crippen LogP contribution in [0, 0.1) is 5.92 Å². The van der Waals surface area contributed by atoms with Crippen molar-refractivity contribution in [1.29, 1.82) is 0 Å². The van der Waals surface area contributed by atoms with Gasteiger partial charge in [0.05, 0.1) is 5.02 Å². The Bertz CT molecular complexity index is 339. The average molecular weight is 256 g/mol. The number of halogens is 1. The molecule has 17 heavy (non-hydrogen) atoms. The number of hydrogen-bond donors (Lipinski definition) is 1. The van der Waals surface area contributed by atoms with Crippen LogP contribution < -0.4 is 5.32 Å². The van der Waals surface area contributed by atoms with Gasteiger partial charge in [-0.15, -0.1) is 0 Å². The first-order valence-electron chi connectivity index (χ1n) is 5.97. The fourth-order valence-electron chi connectivity index (χ4n) is 1.69. The van der Waals surface area contributed by atoms with E-state index in [0.29, 0.717) is 12.0 Å². The van der Waals surface area contributed by atoms with Crippen LogP contribution in [-0.4, -0.2) is 36.6 Å². The molecule has 1 N–H and O–H groups in total. The van der Waals surface area contributed by atoms with E-state index in [0.717, 1.165) is 23.7 Å². The first-order chi connectivity index (χ1) is 8.00. The van der Waals surface area contributed by atoms with Gasteiger partial charge in [-0.2, -0.15) is 0 Å². The predicted octanol–water partition coefficient (Wildman–Crippen LogP) is 2.41. The Morgan fingerprint density at radius 2 is 2.12 bits per heavy atom. The lowest BCUT2D eigenvalue weighted by molar-refractivity contribution is 0.288. The zero-order valence-electron chi connectivity index (χ0n) is 11.1. The van der Waals surface area contributed by atoms with E-state index in [2.05, 4.69) is 43.1 Å². The summed E-state index contributed by atoms with van der Waals surface area (Å²) in [4.78, 5) is 6.19. The fraction of sp³-hybridized carbons (Fsp3) is 0.615. The van der Waals surface area contributed by atoms with Gasteiger partial charge in [0.25, 0.3) is 0 Å². The smallest absolute Gasteiger partial charge is 0.0634 e. The fourth-order valence-corrected chi connectivity index (χ4v) is 1.88. The summed E-state index contributed by atoms with van der Waals surface area (Å²) in [5.74, 6) is 0.595. The molecule has 0 aliphatic heterocycles. The minimum atomic E-state index is 0.467. The highest BCUT2D eigenvalue weighted by Crippen LogP contribution is 2.13. The number of nitrogens with zero attached hydrogens (tertiary/aromatic N) is 2. The molecule has 1 rings (SSSR count). The van der Waals surface area contributed by atoms with Crippen molar-refractivity contribution in [2.75, 3.05) is 20.6 Å². The third-order valence-electron chi connectivity index (χ3n) is 2.78. The van der Waals surface area contributed by atoms with Crippen LogP contribution in [0.25, 0.3) is 0 Å². The number of pyridine rings is 1. The number of aromatic nitrogens is 1. The van der Waals surface area contributed by atoms with Gasteiger partial charge in [-0.05, 0) is 31.6 Å². The van der Waals surface area contributed by atoms with Gasteiger partial charge >= 0.3 is 0 Å². The van der Waals surface area contributed by atoms with Gasteiger partial charge in [-0.1, -0.05) is 25.4 Å². The van der Waals surface area contributed by atoms with E-state index in [1.165, 1.54) is 0 Å². The standard InChI is InChI=1S/C13H22ClN3/c1-10(2)13(9-17(3)4)16-7-11-5-6-15-8-12(11)14/h5-6,8,10,13,16H,7,9H2,1-4H3. The minimum Gasteiger partial charge on any atom is -0.308 e. The van der Waals surface area contributed by atoms with Gasteiger partial charge < -0.3 is 10.2 Å². The number of nitrogens with one attached hydrogen (secondary N) is 1. The highest BCUT2D eigenvalue weighted by Gasteiger charge is 2.14. The van der Waals surface area contributed by atoms with E-state index in [1.54, 1.807) is 12.4 Å². The van der Waals surface area contributed by atoms with Gasteiger partial charge in [-0.25, -0.2) is 0 Å². The molecule has 1 aromatic heterocycles. The Balaban J connectivity index is 2.55. The van der Waals surface area contributed by atoms with E-state index in [1.807, 2.05) is 6.07 Å². The molecular weight excluding hydrogens is 234 g/mol. The Morgan fingerprint density at radius 3 is 2.65 bits per heavy atom. The lowest BCUT2D eigenvalue weighted by Crippen LogP contribution is -2.41. The minimum absolute atomic E-state index is 0.467. The number of likely N-dealkylation sites (N-methyl/N-ethyl adjacent to an activating group) is 1. The Morgan fingerprint density at radius 1 is 1.41 bits per heavy atom. The quantitative estimate of drug-likeness (QED) is 0.846. The van der Waals surface area contributed by atoms with E-state index in [4.69, 9.17) is 11.6 Å². The first-order valence-corrected chi connectivity index (χ1v) is 6.35. The van der Waals surface area contributed by atoms with Gasteiger partial charge in [0.15, 0.2) is 0 Å². The molecule has 0 aliphatic rings. The van der Waals surface area contributed by atoms with Crippen molar-refractivity contribution < 1.29 is 0 Å². The second kappa shape index (κ2) is 6.94. The second-order valence-corrected chi connectivity index (χ2v) is 5.37. The van der Waals surface area contributed by atoms with Gasteiger partial charge in [0.1, 0.15) is 0 Å². The molecule has 0 saturated carbocycles. The molecule has 1 atom stereocenters. The maximum Gasteiger partial charge on any atom is 0.0634 e. The summed E-state index contributed by atoms with van der Waals surface area (Å²) in [5, 5.41) is 4.28. The monoisotopic (exact) mass is 255 g/mol. The van der Waals surface area contributed by atoms with Crippen LogP contribution in [0.4, 0.5) is 0 Å². The molecule has 0 aliphatic carbocycles. The van der Waals surface area contributed by atoms with Crippen LogP contribution in [-0.2, 0) is 6.54 Å². The van der Waals surface area contributed by atoms with E-state index >= 15 is 0 Å². The molecule has 1 aromatic rings. The van der Waals surface area contributed by atoms with Crippen molar-refractivity contribution in [3.8, 4) is 0 Å². The number of hydrogen-bond acceptors (Lipinski definition) is 3. The maximum atomic E-state index is 6.08. The summed E-state index contributed by atoms with van der Waals surface area (Å²) in [7, 11) is 4.19. The summed E-state index contributed by atoms with van der Waals surface area (Å²) in [6.45, 7) is 6.28. The van der Waals surface area contributed by atoms with Crippen LogP contribution >= 0.6 is 11.6 Å². The molecule has 0 fully saturated rings. The SMILES string of the molecule is CC(C)C(CN(C)C)NCc1ccncc1Cl. The molecule has 4 heteroatoms. The average Bonchev–Trinajstić information content (AvgIpc) is 2.25. The van der Waals surface area contributed by atoms with Crippen molar-refractivity contribution in [2.45, 2.75) is 26.4 Å². The molecular formula is C13H22ClN3. The predicted molar refractivity (Wildman–Crippen MR) is 73.3 cm³/mol. The van der Waals surface area contributed by atoms with Gasteiger partial charge in [0, 0.05) is 31.5 Å². The Kier molecular flexibility index (Phi) is 5.89. The van der Waals surface area contributed by atoms with E-state index in [9.17, 15) is 0 Å². The zero-order valence-corrected chi connectivity index (χ0v) is 11.8. The lowest BCUT2D eigenvalue weighted by Gasteiger charge is -2.26. The zero-order chi connectivity index (χ0) is 12.8. The molecule has 1 unspecified atom stereocenters. The molecule has 0 amide bonds. The van der Waals surface area contributed by atoms with E-state index in [-0.39, 0.29) is 0 Å². The largest absolute Gasteiger partial charge is 0.308 e. The molecule has 96 valence electrons. The topological polar surface area (TPSA) is 28.2 Å². The molecule has 1 heterocycles. The van der Waals surface area contributed by atoms with Crippen molar-refractivity contribution in [3.63, 3.8) is 0 Å². The molecule has 0 bridgehead atoms. The molecule has 3 nitrogen and oxygen atoms in total. The van der Waals surface area contributed by atoms with E-state index < -0.39 is 0 Å². The highest BCUT2D eigenvalue weighted by molar-refractivity contribution is 6.31. The van der Waals surface area contributed by atoms with Crippen LogP contribution in [0.15, 0.2) is 18.5 Å². The summed E-state index contributed by atoms with van der Waals surface area (Å²) in [6, 6.07) is 2.43. The Labute approximate surface area is 109 Å². The maximum absolute atomic E-state index is 6.08. The Hall–Kier alpha value is -0.640. The van der Waals surface area contributed by atoms with Crippen LogP contribution in [0.3, 0.4) is 0 Å². The van der Waals surface area contributed by atoms with Crippen molar-refractivity contribution in [1.82, 2.24) is 15.2 Å². The van der Waals surface area contributed by atoms with Crippen molar-refractivity contribution in [3.05, 3.63) is 29.0 Å². The van der Waals surface area contributed by atoms with Gasteiger partial charge in [0.2, 0.25) is 0 Å². The van der Waals surface area contributed by atoms with Crippen molar-refractivity contribution >= 4 is 11.6 Å². The highest BCUT2D eigenvalue weighted by atomic mass is 35.5. The first kappa shape index (κ1) is 14.4. The lowest BCUT2D eigenvalue weighted by atomic mass is 10.0. The molecule has 0 saturated heterocycles. The van der Waals surface area contributed by atoms with Crippen LogP contribution in [0.5, 0.6) is 0 Å².